The van der Waals surface area contributed by atoms with E-state index >= 15 is 0 Å². The minimum absolute atomic E-state index is 0.0582. The summed E-state index contributed by atoms with van der Waals surface area (Å²) in [6, 6.07) is 0.224. The Morgan fingerprint density at radius 2 is 1.95 bits per heavy atom. The van der Waals surface area contributed by atoms with Gasteiger partial charge in [-0.15, -0.1) is 0 Å². The molecule has 0 aromatic carbocycles. The monoisotopic (exact) mass is 299 g/mol. The number of hydrogen-bond donors (Lipinski definition) is 1. The third-order valence-corrected chi connectivity index (χ3v) is 4.08. The van der Waals surface area contributed by atoms with Crippen LogP contribution in [0.5, 0.6) is 0 Å². The first-order chi connectivity index (χ1) is 9.97. The highest BCUT2D eigenvalue weighted by Crippen LogP contribution is 2.20. The average molecular weight is 299 g/mol. The van der Waals surface area contributed by atoms with Crippen molar-refractivity contribution in [2.45, 2.75) is 32.7 Å². The molecule has 0 aliphatic carbocycles. The Morgan fingerprint density at radius 1 is 1.33 bits per heavy atom. The van der Waals surface area contributed by atoms with Crippen molar-refractivity contribution in [3.8, 4) is 0 Å². The van der Waals surface area contributed by atoms with Crippen molar-refractivity contribution in [1.82, 2.24) is 15.1 Å². The fourth-order valence-electron chi connectivity index (χ4n) is 2.40. The topological polar surface area (TPSA) is 61.9 Å². The molecule has 1 N–H and O–H groups in total. The number of amides is 2. The number of likely N-dealkylation sites (tertiary alicyclic amines) is 1. The number of rotatable bonds is 7. The Labute approximate surface area is 127 Å². The third-order valence-electron chi connectivity index (χ3n) is 4.08. The average Bonchev–Trinajstić information content (AvgIpc) is 2.50. The molecule has 2 amide bonds. The van der Waals surface area contributed by atoms with Gasteiger partial charge in [0.15, 0.2) is 0 Å². The van der Waals surface area contributed by atoms with Gasteiger partial charge in [-0.3, -0.25) is 9.59 Å². The van der Waals surface area contributed by atoms with Gasteiger partial charge in [0.1, 0.15) is 0 Å². The van der Waals surface area contributed by atoms with E-state index in [-0.39, 0.29) is 23.8 Å². The highest BCUT2D eigenvalue weighted by atomic mass is 16.5. The molecule has 0 unspecified atom stereocenters. The molecule has 0 aromatic heterocycles. The Morgan fingerprint density at radius 3 is 2.48 bits per heavy atom. The standard InChI is InChI=1S/C15H29N3O3/c1-12(2)17(3)15(20)13-5-8-18(9-6-13)14(19)11-16-7-10-21-4/h12-13,16H,5-11H2,1-4H3. The molecule has 1 fully saturated rings. The number of hydrogen-bond acceptors (Lipinski definition) is 4. The van der Waals surface area contributed by atoms with E-state index in [2.05, 4.69) is 5.32 Å². The van der Waals surface area contributed by atoms with Gasteiger partial charge in [-0.05, 0) is 26.7 Å². The molecule has 1 saturated heterocycles. The summed E-state index contributed by atoms with van der Waals surface area (Å²) in [6.45, 7) is 7.00. The van der Waals surface area contributed by atoms with Gasteiger partial charge in [-0.1, -0.05) is 0 Å². The number of nitrogens with one attached hydrogen (secondary N) is 1. The lowest BCUT2D eigenvalue weighted by atomic mass is 9.95. The normalized spacial score (nSPS) is 16.3. The molecule has 6 nitrogen and oxygen atoms in total. The Balaban J connectivity index is 2.31. The van der Waals surface area contributed by atoms with E-state index in [9.17, 15) is 9.59 Å². The SMILES string of the molecule is COCCNCC(=O)N1CCC(C(=O)N(C)C(C)C)CC1. The van der Waals surface area contributed by atoms with Gasteiger partial charge < -0.3 is 19.9 Å². The zero-order valence-electron chi connectivity index (χ0n) is 13.7. The lowest BCUT2D eigenvalue weighted by molar-refractivity contribution is -0.140. The van der Waals surface area contributed by atoms with Gasteiger partial charge in [0.05, 0.1) is 13.2 Å². The summed E-state index contributed by atoms with van der Waals surface area (Å²) < 4.78 is 4.92. The quantitative estimate of drug-likeness (QED) is 0.688. The minimum atomic E-state index is 0.0582. The number of methoxy groups -OCH3 is 1. The van der Waals surface area contributed by atoms with Crippen LogP contribution in [0.2, 0.25) is 0 Å². The molecule has 122 valence electrons. The van der Waals surface area contributed by atoms with Crippen molar-refractivity contribution >= 4 is 11.8 Å². The predicted molar refractivity (Wildman–Crippen MR) is 82.0 cm³/mol. The number of piperidine rings is 1. The van der Waals surface area contributed by atoms with Gasteiger partial charge in [-0.2, -0.15) is 0 Å². The fourth-order valence-corrected chi connectivity index (χ4v) is 2.40. The van der Waals surface area contributed by atoms with Crippen LogP contribution in [0.3, 0.4) is 0 Å². The van der Waals surface area contributed by atoms with Crippen LogP contribution in [0, 0.1) is 5.92 Å². The summed E-state index contributed by atoms with van der Waals surface area (Å²) in [4.78, 5) is 27.9. The van der Waals surface area contributed by atoms with Gasteiger partial charge >= 0.3 is 0 Å². The maximum atomic E-state index is 12.3. The summed E-state index contributed by atoms with van der Waals surface area (Å²) >= 11 is 0. The summed E-state index contributed by atoms with van der Waals surface area (Å²) in [6.07, 6.45) is 1.53. The summed E-state index contributed by atoms with van der Waals surface area (Å²) in [5, 5.41) is 3.06. The van der Waals surface area contributed by atoms with Crippen LogP contribution in [-0.2, 0) is 14.3 Å². The minimum Gasteiger partial charge on any atom is -0.383 e. The first-order valence-electron chi connectivity index (χ1n) is 7.71. The van der Waals surface area contributed by atoms with Crippen LogP contribution < -0.4 is 5.32 Å². The molecule has 0 aromatic rings. The van der Waals surface area contributed by atoms with Crippen LogP contribution in [0.15, 0.2) is 0 Å². The van der Waals surface area contributed by atoms with Gasteiger partial charge in [0.2, 0.25) is 11.8 Å². The summed E-state index contributed by atoms with van der Waals surface area (Å²) in [5.74, 6) is 0.368. The largest absolute Gasteiger partial charge is 0.383 e. The Bertz CT molecular complexity index is 339. The first kappa shape index (κ1) is 17.9. The summed E-state index contributed by atoms with van der Waals surface area (Å²) in [5.41, 5.74) is 0. The van der Waals surface area contributed by atoms with E-state index in [1.54, 1.807) is 12.0 Å². The number of ether oxygens (including phenoxy) is 1. The zero-order valence-corrected chi connectivity index (χ0v) is 13.7. The van der Waals surface area contributed by atoms with E-state index in [4.69, 9.17) is 4.74 Å². The van der Waals surface area contributed by atoms with Crippen molar-refractivity contribution in [2.75, 3.05) is 46.9 Å². The molecule has 6 heteroatoms. The second-order valence-electron chi connectivity index (χ2n) is 5.87. The Hall–Kier alpha value is -1.14. The van der Waals surface area contributed by atoms with Crippen LogP contribution in [-0.4, -0.2) is 74.6 Å². The van der Waals surface area contributed by atoms with E-state index in [1.807, 2.05) is 25.8 Å². The van der Waals surface area contributed by atoms with Gasteiger partial charge in [-0.25, -0.2) is 0 Å². The molecular weight excluding hydrogens is 270 g/mol. The van der Waals surface area contributed by atoms with E-state index < -0.39 is 0 Å². The molecule has 1 aliphatic rings. The molecule has 0 bridgehead atoms. The van der Waals surface area contributed by atoms with Crippen LogP contribution in [0.4, 0.5) is 0 Å². The molecule has 0 spiro atoms. The highest BCUT2D eigenvalue weighted by molar-refractivity contribution is 5.81. The molecule has 0 atom stereocenters. The van der Waals surface area contributed by atoms with Crippen molar-refractivity contribution in [3.63, 3.8) is 0 Å². The number of nitrogens with zero attached hydrogens (tertiary/aromatic N) is 2. The fraction of sp³-hybridized carbons (Fsp3) is 0.867. The summed E-state index contributed by atoms with van der Waals surface area (Å²) in [7, 11) is 3.49. The second-order valence-corrected chi connectivity index (χ2v) is 5.87. The zero-order chi connectivity index (χ0) is 15.8. The van der Waals surface area contributed by atoms with Crippen LogP contribution in [0.25, 0.3) is 0 Å². The van der Waals surface area contributed by atoms with Crippen molar-refractivity contribution in [2.24, 2.45) is 5.92 Å². The molecule has 0 radical (unpaired) electrons. The number of carbonyl (C=O) groups excluding carboxylic acids is 2. The predicted octanol–water partition coefficient (Wildman–Crippen LogP) is 0.328. The lowest BCUT2D eigenvalue weighted by Gasteiger charge is -2.34. The lowest BCUT2D eigenvalue weighted by Crippen LogP contribution is -2.47. The molecule has 1 heterocycles. The van der Waals surface area contributed by atoms with Crippen molar-refractivity contribution in [3.05, 3.63) is 0 Å². The van der Waals surface area contributed by atoms with E-state index in [0.29, 0.717) is 32.8 Å². The maximum absolute atomic E-state index is 12.3. The second kappa shape index (κ2) is 9.00. The molecule has 21 heavy (non-hydrogen) atoms. The van der Waals surface area contributed by atoms with Crippen molar-refractivity contribution < 1.29 is 14.3 Å². The van der Waals surface area contributed by atoms with E-state index in [0.717, 1.165) is 12.8 Å². The van der Waals surface area contributed by atoms with Crippen LogP contribution in [0.1, 0.15) is 26.7 Å². The molecule has 1 aliphatic heterocycles. The van der Waals surface area contributed by atoms with E-state index in [1.165, 1.54) is 0 Å². The molecular formula is C15H29N3O3. The maximum Gasteiger partial charge on any atom is 0.236 e. The van der Waals surface area contributed by atoms with Gasteiger partial charge in [0, 0.05) is 45.8 Å². The van der Waals surface area contributed by atoms with Crippen LogP contribution >= 0.6 is 0 Å². The van der Waals surface area contributed by atoms with Gasteiger partial charge in [0.25, 0.3) is 0 Å². The molecule has 1 rings (SSSR count). The Kier molecular flexibility index (Phi) is 7.67. The highest BCUT2D eigenvalue weighted by Gasteiger charge is 2.29. The third kappa shape index (κ3) is 5.63. The first-order valence-corrected chi connectivity index (χ1v) is 7.71. The smallest absolute Gasteiger partial charge is 0.236 e. The van der Waals surface area contributed by atoms with Crippen molar-refractivity contribution in [1.29, 1.82) is 0 Å². The molecule has 0 saturated carbocycles. The number of carbonyl (C=O) groups is 2.